The molecule has 0 aliphatic heterocycles. The lowest BCUT2D eigenvalue weighted by atomic mass is 10.1. The molecule has 0 unspecified atom stereocenters. The van der Waals surface area contributed by atoms with Crippen LogP contribution in [0.1, 0.15) is 35.5 Å². The predicted molar refractivity (Wildman–Crippen MR) is 131 cm³/mol. The minimum absolute atomic E-state index is 0.167. The summed E-state index contributed by atoms with van der Waals surface area (Å²) in [5, 5.41) is 7.63. The summed E-state index contributed by atoms with van der Waals surface area (Å²) in [6, 6.07) is 14.5. The van der Waals surface area contributed by atoms with Gasteiger partial charge in [0.2, 0.25) is 5.91 Å². The number of carbonyl (C=O) groups is 2. The van der Waals surface area contributed by atoms with Crippen molar-refractivity contribution in [1.29, 1.82) is 0 Å². The second kappa shape index (κ2) is 11.9. The minimum atomic E-state index is -0.234. The number of benzene rings is 2. The van der Waals surface area contributed by atoms with Gasteiger partial charge in [-0.05, 0) is 43.3 Å². The topological polar surface area (TPSA) is 85.9 Å². The van der Waals surface area contributed by atoms with E-state index in [1.807, 2.05) is 49.6 Å². The number of aryl methyl sites for hydroxylation is 1. The first-order chi connectivity index (χ1) is 16.0. The van der Waals surface area contributed by atoms with Gasteiger partial charge in [-0.15, -0.1) is 11.3 Å². The number of carbonyl (C=O) groups excluding carboxylic acids is 2. The molecule has 2 N–H and O–H groups in total. The van der Waals surface area contributed by atoms with Crippen LogP contribution in [0.5, 0.6) is 17.2 Å². The molecule has 0 aliphatic rings. The Morgan fingerprint density at radius 2 is 1.55 bits per heavy atom. The fourth-order valence-electron chi connectivity index (χ4n) is 3.27. The van der Waals surface area contributed by atoms with Crippen LogP contribution in [0, 0.1) is 0 Å². The molecule has 174 valence electrons. The second-order valence-corrected chi connectivity index (χ2v) is 7.95. The van der Waals surface area contributed by atoms with Gasteiger partial charge in [-0.1, -0.05) is 24.3 Å². The second-order valence-electron chi connectivity index (χ2n) is 7.00. The zero-order valence-corrected chi connectivity index (χ0v) is 19.8. The summed E-state index contributed by atoms with van der Waals surface area (Å²) in [5.41, 5.74) is 1.92. The fraction of sp³-hybridized carbons (Fsp3) is 0.280. The Hall–Kier alpha value is -3.52. The molecule has 0 atom stereocenters. The highest BCUT2D eigenvalue weighted by molar-refractivity contribution is 7.12. The van der Waals surface area contributed by atoms with Crippen molar-refractivity contribution >= 4 is 34.5 Å². The van der Waals surface area contributed by atoms with Crippen molar-refractivity contribution in [3.05, 3.63) is 64.4 Å². The van der Waals surface area contributed by atoms with Crippen LogP contribution in [0.4, 0.5) is 11.4 Å². The molecule has 1 aromatic heterocycles. The number of hydrogen-bond donors (Lipinski definition) is 2. The average molecular weight is 469 g/mol. The highest BCUT2D eigenvalue weighted by Crippen LogP contribution is 2.37. The predicted octanol–water partition coefficient (Wildman–Crippen LogP) is 5.38. The van der Waals surface area contributed by atoms with E-state index in [0.29, 0.717) is 47.4 Å². The Morgan fingerprint density at radius 3 is 2.15 bits per heavy atom. The van der Waals surface area contributed by atoms with Crippen LogP contribution < -0.4 is 24.8 Å². The lowest BCUT2D eigenvalue weighted by Crippen LogP contribution is -2.15. The smallest absolute Gasteiger partial charge is 0.265 e. The molecule has 0 spiro atoms. The first kappa shape index (κ1) is 24.1. The monoisotopic (exact) mass is 468 g/mol. The van der Waals surface area contributed by atoms with Crippen molar-refractivity contribution in [2.45, 2.75) is 26.7 Å². The van der Waals surface area contributed by atoms with E-state index < -0.39 is 0 Å². The van der Waals surface area contributed by atoms with Crippen molar-refractivity contribution in [3.63, 3.8) is 0 Å². The molecule has 0 radical (unpaired) electrons. The summed E-state index contributed by atoms with van der Waals surface area (Å²) < 4.78 is 16.8. The van der Waals surface area contributed by atoms with Gasteiger partial charge >= 0.3 is 0 Å². The van der Waals surface area contributed by atoms with Crippen molar-refractivity contribution in [3.8, 4) is 17.2 Å². The molecule has 3 rings (SSSR count). The molecule has 7 nitrogen and oxygen atoms in total. The SMILES string of the molecule is CCOc1cc(NC(=O)c2cccs2)c(OCC)cc1NC(=O)CCc1ccccc1OC. The van der Waals surface area contributed by atoms with Crippen LogP contribution in [0.15, 0.2) is 53.9 Å². The van der Waals surface area contributed by atoms with Crippen molar-refractivity contribution in [2.75, 3.05) is 31.0 Å². The molecule has 0 saturated heterocycles. The largest absolute Gasteiger partial charge is 0.496 e. The number of amides is 2. The average Bonchev–Trinajstić information content (AvgIpc) is 3.36. The summed E-state index contributed by atoms with van der Waals surface area (Å²) in [6.07, 6.45) is 0.805. The van der Waals surface area contributed by atoms with Crippen molar-refractivity contribution in [2.24, 2.45) is 0 Å². The summed E-state index contributed by atoms with van der Waals surface area (Å²) in [5.74, 6) is 1.26. The summed E-state index contributed by atoms with van der Waals surface area (Å²) in [4.78, 5) is 25.9. The van der Waals surface area contributed by atoms with Crippen LogP contribution in [-0.4, -0.2) is 32.1 Å². The van der Waals surface area contributed by atoms with E-state index in [2.05, 4.69) is 10.6 Å². The zero-order chi connectivity index (χ0) is 23.6. The highest BCUT2D eigenvalue weighted by atomic mass is 32.1. The molecule has 33 heavy (non-hydrogen) atoms. The third kappa shape index (κ3) is 6.49. The molecular formula is C25H28N2O5S. The van der Waals surface area contributed by atoms with Crippen LogP contribution in [-0.2, 0) is 11.2 Å². The molecule has 0 aliphatic carbocycles. The number of rotatable bonds is 11. The van der Waals surface area contributed by atoms with Crippen LogP contribution in [0.3, 0.4) is 0 Å². The Kier molecular flexibility index (Phi) is 8.71. The summed E-state index contributed by atoms with van der Waals surface area (Å²) in [7, 11) is 1.61. The van der Waals surface area contributed by atoms with Gasteiger partial charge < -0.3 is 24.8 Å². The number of anilines is 2. The molecule has 0 fully saturated rings. The molecular weight excluding hydrogens is 440 g/mol. The first-order valence-electron chi connectivity index (χ1n) is 10.8. The van der Waals surface area contributed by atoms with E-state index in [9.17, 15) is 9.59 Å². The third-order valence-corrected chi connectivity index (χ3v) is 5.63. The molecule has 0 saturated carbocycles. The Morgan fingerprint density at radius 1 is 0.879 bits per heavy atom. The number of nitrogens with one attached hydrogen (secondary N) is 2. The number of hydrogen-bond acceptors (Lipinski definition) is 6. The van der Waals surface area contributed by atoms with Gasteiger partial charge in [0.1, 0.15) is 17.2 Å². The lowest BCUT2D eigenvalue weighted by molar-refractivity contribution is -0.116. The molecule has 8 heteroatoms. The molecule has 3 aromatic rings. The maximum atomic E-state index is 12.7. The van der Waals surface area contributed by atoms with Gasteiger partial charge in [-0.25, -0.2) is 0 Å². The lowest BCUT2D eigenvalue weighted by Gasteiger charge is -2.18. The van der Waals surface area contributed by atoms with Gasteiger partial charge in [0.05, 0.1) is 36.6 Å². The first-order valence-corrected chi connectivity index (χ1v) is 11.6. The summed E-state index contributed by atoms with van der Waals surface area (Å²) >= 11 is 1.35. The zero-order valence-electron chi connectivity index (χ0n) is 19.0. The van der Waals surface area contributed by atoms with E-state index >= 15 is 0 Å². The third-order valence-electron chi connectivity index (χ3n) is 4.76. The molecule has 0 bridgehead atoms. The highest BCUT2D eigenvalue weighted by Gasteiger charge is 2.17. The van der Waals surface area contributed by atoms with Gasteiger partial charge in [-0.2, -0.15) is 0 Å². The van der Waals surface area contributed by atoms with E-state index in [-0.39, 0.29) is 18.2 Å². The number of thiophene rings is 1. The van der Waals surface area contributed by atoms with Crippen LogP contribution >= 0.6 is 11.3 Å². The molecule has 2 aromatic carbocycles. The number of methoxy groups -OCH3 is 1. The van der Waals surface area contributed by atoms with E-state index in [4.69, 9.17) is 14.2 Å². The van der Waals surface area contributed by atoms with Crippen LogP contribution in [0.25, 0.3) is 0 Å². The van der Waals surface area contributed by atoms with Gasteiger partial charge in [0.25, 0.3) is 5.91 Å². The van der Waals surface area contributed by atoms with Gasteiger partial charge in [-0.3, -0.25) is 9.59 Å². The maximum Gasteiger partial charge on any atom is 0.265 e. The standard InChI is InChI=1S/C25H28N2O5S/c1-4-31-21-16-19(27-25(29)23-11-8-14-33-23)22(32-5-2)15-18(21)26-24(28)13-12-17-9-6-7-10-20(17)30-3/h6-11,14-16H,4-5,12-13H2,1-3H3,(H,26,28)(H,27,29). The molecule has 2 amide bonds. The van der Waals surface area contributed by atoms with Gasteiger partial charge in [0.15, 0.2) is 0 Å². The van der Waals surface area contributed by atoms with Crippen molar-refractivity contribution in [1.82, 2.24) is 0 Å². The Labute approximate surface area is 197 Å². The normalized spacial score (nSPS) is 10.4. The Balaban J connectivity index is 1.79. The minimum Gasteiger partial charge on any atom is -0.496 e. The maximum absolute atomic E-state index is 12.7. The van der Waals surface area contributed by atoms with Gasteiger partial charge in [0, 0.05) is 18.6 Å². The summed E-state index contributed by atoms with van der Waals surface area (Å²) in [6.45, 7) is 4.51. The fourth-order valence-corrected chi connectivity index (χ4v) is 3.89. The Bertz CT molecular complexity index is 1080. The van der Waals surface area contributed by atoms with E-state index in [1.165, 1.54) is 11.3 Å². The van der Waals surface area contributed by atoms with Crippen molar-refractivity contribution < 1.29 is 23.8 Å². The van der Waals surface area contributed by atoms with E-state index in [1.54, 1.807) is 25.3 Å². The quantitative estimate of drug-likeness (QED) is 0.395. The number of para-hydroxylation sites is 1. The number of ether oxygens (including phenoxy) is 3. The molecule has 1 heterocycles. The van der Waals surface area contributed by atoms with Crippen LogP contribution in [0.2, 0.25) is 0 Å². The van der Waals surface area contributed by atoms with E-state index in [0.717, 1.165) is 11.3 Å².